The number of aliphatic hydroxyl groups is 1. The van der Waals surface area contributed by atoms with Gasteiger partial charge in [-0.15, -0.1) is 0 Å². The maximum atomic E-state index is 12.6. The van der Waals surface area contributed by atoms with E-state index in [9.17, 15) is 26.7 Å². The summed E-state index contributed by atoms with van der Waals surface area (Å²) >= 11 is 0. The van der Waals surface area contributed by atoms with E-state index in [1.54, 1.807) is 35.9 Å². The number of aryl methyl sites for hydroxylation is 1. The average molecular weight is 422 g/mol. The Balaban J connectivity index is 1.90. The molecule has 8 nitrogen and oxygen atoms in total. The lowest BCUT2D eigenvalue weighted by molar-refractivity contribution is 0.0910. The van der Waals surface area contributed by atoms with Gasteiger partial charge in [0.25, 0.3) is 8.87 Å². The van der Waals surface area contributed by atoms with Crippen molar-refractivity contribution in [1.29, 1.82) is 0 Å². The summed E-state index contributed by atoms with van der Waals surface area (Å²) in [4.78, 5) is 15.0. The lowest BCUT2D eigenvalue weighted by Crippen LogP contribution is -2.45. The lowest BCUT2D eigenvalue weighted by atomic mass is 10.1. The van der Waals surface area contributed by atoms with Crippen LogP contribution in [0.1, 0.15) is 16.1 Å². The molecule has 28 heavy (non-hydrogen) atoms. The maximum absolute atomic E-state index is 12.6. The van der Waals surface area contributed by atoms with E-state index in [0.29, 0.717) is 5.52 Å². The molecular weight excluding hydrogens is 404 g/mol. The van der Waals surface area contributed by atoms with E-state index in [1.807, 2.05) is 0 Å². The molecule has 0 fully saturated rings. The number of H-pyrrole nitrogens is 1. The second-order valence-electron chi connectivity index (χ2n) is 6.21. The molecule has 0 aliphatic carbocycles. The number of aromatic amines is 1. The fraction of sp³-hybridized carbons (Fsp3) is 0.167. The topological polar surface area (TPSA) is 133 Å². The molecule has 1 heterocycles. The molecule has 2 aromatic carbocycles. The third kappa shape index (κ3) is 3.72. The lowest BCUT2D eigenvalue weighted by Gasteiger charge is -2.15. The van der Waals surface area contributed by atoms with Crippen LogP contribution >= 0.6 is 0 Å². The number of nitrogens with one attached hydrogen (secondary N) is 2. The number of aromatic nitrogens is 1. The Morgan fingerprint density at radius 2 is 1.71 bits per heavy atom. The first kappa shape index (κ1) is 20.2. The molecule has 148 valence electrons. The fourth-order valence-electron chi connectivity index (χ4n) is 2.64. The largest absolute Gasteiger partial charge is 0.394 e. The van der Waals surface area contributed by atoms with E-state index in [2.05, 4.69) is 4.98 Å². The number of hydrogen-bond acceptors (Lipinski definition) is 6. The van der Waals surface area contributed by atoms with Crippen LogP contribution in [0, 0.1) is 6.92 Å². The van der Waals surface area contributed by atoms with Crippen LogP contribution in [0.5, 0.6) is 0 Å². The fourth-order valence-corrected chi connectivity index (χ4v) is 5.84. The number of Topliss-reactive ketones (excluding diaryl/α,β-unsaturated/α-hetero) is 1. The van der Waals surface area contributed by atoms with Crippen molar-refractivity contribution in [2.24, 2.45) is 0 Å². The van der Waals surface area contributed by atoms with Crippen LogP contribution < -0.4 is 4.72 Å². The molecule has 3 rings (SSSR count). The Hall–Kier alpha value is -2.53. The highest BCUT2D eigenvalue weighted by atomic mass is 33.2. The average Bonchev–Trinajstić information content (AvgIpc) is 3.10. The number of ketones is 1. The Labute approximate surface area is 161 Å². The quantitative estimate of drug-likeness (QED) is 0.389. The van der Waals surface area contributed by atoms with Crippen molar-refractivity contribution < 1.29 is 26.7 Å². The molecule has 0 unspecified atom stereocenters. The van der Waals surface area contributed by atoms with Gasteiger partial charge >= 0.3 is 9.06 Å². The second kappa shape index (κ2) is 7.47. The third-order valence-electron chi connectivity index (χ3n) is 4.18. The summed E-state index contributed by atoms with van der Waals surface area (Å²) in [5, 5.41) is 10.2. The minimum absolute atomic E-state index is 0.0516. The number of benzene rings is 2. The summed E-state index contributed by atoms with van der Waals surface area (Å²) in [5.41, 5.74) is 1.46. The van der Waals surface area contributed by atoms with Crippen LogP contribution in [0.4, 0.5) is 0 Å². The smallest absolute Gasteiger partial charge is 0.322 e. The van der Waals surface area contributed by atoms with Gasteiger partial charge in [-0.05, 0) is 31.2 Å². The number of aliphatic hydroxyl groups excluding tert-OH is 1. The van der Waals surface area contributed by atoms with Gasteiger partial charge in [0, 0.05) is 10.9 Å². The van der Waals surface area contributed by atoms with Gasteiger partial charge < -0.3 is 10.1 Å². The molecule has 3 N–H and O–H groups in total. The maximum Gasteiger partial charge on any atom is 0.322 e. The van der Waals surface area contributed by atoms with Crippen molar-refractivity contribution in [2.75, 3.05) is 6.61 Å². The van der Waals surface area contributed by atoms with E-state index in [4.69, 9.17) is 0 Å². The SMILES string of the molecule is Cc1ccc(S(=O)(=O)S(=O)(=O)N[C@@H](CO)C(=O)c2cc3ccccc3[nH]2)cc1. The monoisotopic (exact) mass is 422 g/mol. The number of carbonyl (C=O) groups is 1. The normalized spacial score (nSPS) is 13.5. The van der Waals surface area contributed by atoms with Gasteiger partial charge in [0.05, 0.1) is 17.2 Å². The van der Waals surface area contributed by atoms with E-state index >= 15 is 0 Å². The molecule has 3 aromatic rings. The highest BCUT2D eigenvalue weighted by Crippen LogP contribution is 2.19. The minimum Gasteiger partial charge on any atom is -0.394 e. The molecule has 1 atom stereocenters. The predicted octanol–water partition coefficient (Wildman–Crippen LogP) is 1.33. The number of carbonyl (C=O) groups excluding carboxylic acids is 1. The van der Waals surface area contributed by atoms with Gasteiger partial charge in [0.1, 0.15) is 6.04 Å². The molecule has 0 saturated carbocycles. The molecule has 0 amide bonds. The van der Waals surface area contributed by atoms with Crippen molar-refractivity contribution in [3.63, 3.8) is 0 Å². The number of hydrogen-bond donors (Lipinski definition) is 3. The molecule has 0 spiro atoms. The van der Waals surface area contributed by atoms with E-state index in [1.165, 1.54) is 18.2 Å². The van der Waals surface area contributed by atoms with Crippen molar-refractivity contribution in [1.82, 2.24) is 9.71 Å². The highest BCUT2D eigenvalue weighted by Gasteiger charge is 2.36. The number of para-hydroxylation sites is 1. The minimum atomic E-state index is -4.99. The molecule has 0 aliphatic rings. The molecule has 0 saturated heterocycles. The van der Waals surface area contributed by atoms with Crippen LogP contribution in [0.15, 0.2) is 59.5 Å². The molecule has 1 aromatic heterocycles. The Bertz CT molecular complexity index is 1200. The number of rotatable bonds is 7. The van der Waals surface area contributed by atoms with Crippen LogP contribution in [0.3, 0.4) is 0 Å². The van der Waals surface area contributed by atoms with Crippen LogP contribution in [0.25, 0.3) is 10.9 Å². The summed E-state index contributed by atoms with van der Waals surface area (Å²) in [6.45, 7) is 0.820. The summed E-state index contributed by atoms with van der Waals surface area (Å²) in [5.74, 6) is -0.776. The molecule has 0 radical (unpaired) electrons. The van der Waals surface area contributed by atoms with Crippen molar-refractivity contribution in [3.8, 4) is 0 Å². The second-order valence-corrected chi connectivity index (χ2v) is 11.4. The van der Waals surface area contributed by atoms with Crippen molar-refractivity contribution >= 4 is 34.6 Å². The third-order valence-corrected chi connectivity index (χ3v) is 8.78. The number of fused-ring (bicyclic) bond motifs is 1. The first-order chi connectivity index (χ1) is 13.2. The Morgan fingerprint density at radius 1 is 1.07 bits per heavy atom. The van der Waals surface area contributed by atoms with Gasteiger partial charge in [0.2, 0.25) is 0 Å². The Morgan fingerprint density at radius 3 is 2.32 bits per heavy atom. The summed E-state index contributed by atoms with van der Waals surface area (Å²) in [6, 6.07) is 12.1. The zero-order chi connectivity index (χ0) is 20.5. The van der Waals surface area contributed by atoms with Gasteiger partial charge in [-0.25, -0.2) is 8.42 Å². The standard InChI is InChI=1S/C18H18N2O6S2/c1-12-6-8-14(9-7-12)27(23,24)28(25,26)20-17(11-21)18(22)16-10-13-4-2-3-5-15(13)19-16/h2-10,17,19-21H,11H2,1H3/t17-/m0/s1. The van der Waals surface area contributed by atoms with E-state index in [-0.39, 0.29) is 5.69 Å². The van der Waals surface area contributed by atoms with Crippen molar-refractivity contribution in [2.45, 2.75) is 17.9 Å². The zero-order valence-corrected chi connectivity index (χ0v) is 16.4. The molecule has 0 aliphatic heterocycles. The molecule has 0 bridgehead atoms. The summed E-state index contributed by atoms with van der Waals surface area (Å²) in [7, 11) is -9.81. The van der Waals surface area contributed by atoms with Gasteiger partial charge in [0.15, 0.2) is 5.78 Å². The predicted molar refractivity (Wildman–Crippen MR) is 104 cm³/mol. The van der Waals surface area contributed by atoms with Gasteiger partial charge in [-0.2, -0.15) is 13.1 Å². The zero-order valence-electron chi connectivity index (χ0n) is 14.8. The van der Waals surface area contributed by atoms with Crippen LogP contribution in [0.2, 0.25) is 0 Å². The summed E-state index contributed by atoms with van der Waals surface area (Å²) < 4.78 is 51.6. The summed E-state index contributed by atoms with van der Waals surface area (Å²) in [6.07, 6.45) is 0. The van der Waals surface area contributed by atoms with Crippen LogP contribution in [-0.2, 0) is 17.9 Å². The Kier molecular flexibility index (Phi) is 5.39. The first-order valence-corrected chi connectivity index (χ1v) is 11.7. The van der Waals surface area contributed by atoms with Crippen molar-refractivity contribution in [3.05, 3.63) is 65.9 Å². The van der Waals surface area contributed by atoms with Gasteiger partial charge in [-0.1, -0.05) is 35.9 Å². The van der Waals surface area contributed by atoms with E-state index in [0.717, 1.165) is 23.1 Å². The van der Waals surface area contributed by atoms with Crippen LogP contribution in [-0.4, -0.2) is 45.4 Å². The molecular formula is C18H18N2O6S2. The first-order valence-electron chi connectivity index (χ1n) is 8.22. The van der Waals surface area contributed by atoms with E-state index < -0.39 is 41.3 Å². The molecule has 10 heteroatoms. The highest BCUT2D eigenvalue weighted by molar-refractivity contribution is 8.66. The van der Waals surface area contributed by atoms with Gasteiger partial charge in [-0.3, -0.25) is 4.79 Å².